The second kappa shape index (κ2) is 7.70. The number of benzene rings is 1. The molecule has 126 valence electrons. The summed E-state index contributed by atoms with van der Waals surface area (Å²) in [4.78, 5) is 12.1. The van der Waals surface area contributed by atoms with E-state index in [0.29, 0.717) is 20.7 Å². The monoisotopic (exact) mass is 389 g/mol. The highest BCUT2D eigenvalue weighted by Crippen LogP contribution is 2.25. The number of hydrogen-bond acceptors (Lipinski definition) is 6. The first-order valence-electron chi connectivity index (χ1n) is 7.15. The molecular weight excluding hydrogens is 378 g/mol. The highest BCUT2D eigenvalue weighted by atomic mass is 35.5. The van der Waals surface area contributed by atoms with E-state index in [4.69, 9.17) is 16.9 Å². The zero-order valence-electron chi connectivity index (χ0n) is 13.1. The molecule has 3 rings (SSSR count). The van der Waals surface area contributed by atoms with Crippen molar-refractivity contribution in [3.8, 4) is 11.8 Å². The molecule has 0 radical (unpaired) electrons. The molecule has 0 spiro atoms. The minimum absolute atomic E-state index is 0.154. The van der Waals surface area contributed by atoms with E-state index in [1.807, 2.05) is 31.2 Å². The van der Waals surface area contributed by atoms with Gasteiger partial charge in [0.1, 0.15) is 17.4 Å². The Bertz CT molecular complexity index is 960. The molecule has 25 heavy (non-hydrogen) atoms. The number of thiophene rings is 1. The second-order valence-corrected chi connectivity index (χ2v) is 7.29. The minimum Gasteiger partial charge on any atom is -0.316 e. The molecule has 0 saturated carbocycles. The van der Waals surface area contributed by atoms with Crippen molar-refractivity contribution in [1.29, 1.82) is 5.26 Å². The predicted molar refractivity (Wildman–Crippen MR) is 99.5 cm³/mol. The average molecular weight is 390 g/mol. The summed E-state index contributed by atoms with van der Waals surface area (Å²) in [6.07, 6.45) is 1.58. The third-order valence-corrected chi connectivity index (χ3v) is 5.50. The van der Waals surface area contributed by atoms with Gasteiger partial charge < -0.3 is 5.32 Å². The molecule has 1 N–H and O–H groups in total. The molecule has 6 nitrogen and oxygen atoms in total. The Morgan fingerprint density at radius 1 is 1.48 bits per heavy atom. The van der Waals surface area contributed by atoms with Gasteiger partial charge in [0.15, 0.2) is 5.16 Å². The van der Waals surface area contributed by atoms with Gasteiger partial charge in [0, 0.05) is 5.02 Å². The number of thioether (sulfide) groups is 1. The first-order chi connectivity index (χ1) is 12.1. The molecule has 0 aliphatic rings. The zero-order valence-corrected chi connectivity index (χ0v) is 15.5. The molecule has 0 unspecified atom stereocenters. The van der Waals surface area contributed by atoms with E-state index in [1.165, 1.54) is 23.1 Å². The molecule has 0 aliphatic heterocycles. The Hall–Kier alpha value is -2.34. The molecule has 2 aromatic heterocycles. The number of nitrogens with one attached hydrogen (secondary N) is 1. The number of carbonyl (C=O) groups is 1. The van der Waals surface area contributed by atoms with Gasteiger partial charge in [-0.3, -0.25) is 9.36 Å². The van der Waals surface area contributed by atoms with Gasteiger partial charge in [-0.05, 0) is 36.1 Å². The predicted octanol–water partition coefficient (Wildman–Crippen LogP) is 3.89. The van der Waals surface area contributed by atoms with Gasteiger partial charge in [0.25, 0.3) is 0 Å². The van der Waals surface area contributed by atoms with Crippen molar-refractivity contribution in [2.24, 2.45) is 0 Å². The first kappa shape index (κ1) is 17.5. The van der Waals surface area contributed by atoms with Crippen molar-refractivity contribution in [3.05, 3.63) is 52.1 Å². The smallest absolute Gasteiger partial charge is 0.235 e. The largest absolute Gasteiger partial charge is 0.316 e. The van der Waals surface area contributed by atoms with Gasteiger partial charge in [-0.2, -0.15) is 5.26 Å². The Morgan fingerprint density at radius 3 is 3.08 bits per heavy atom. The molecule has 0 aliphatic carbocycles. The molecule has 0 saturated heterocycles. The lowest BCUT2D eigenvalue weighted by atomic mass is 10.2. The number of amides is 1. The number of carbonyl (C=O) groups excluding carboxylic acids is 1. The van der Waals surface area contributed by atoms with Gasteiger partial charge in [-0.25, -0.2) is 0 Å². The fourth-order valence-electron chi connectivity index (χ4n) is 2.02. The summed E-state index contributed by atoms with van der Waals surface area (Å²) in [7, 11) is 0. The second-order valence-electron chi connectivity index (χ2n) is 5.03. The number of halogens is 1. The SMILES string of the molecule is Cc1ccc(-n2cnnc2SCC(=O)Nc2sccc2C#N)cc1Cl. The van der Waals surface area contributed by atoms with E-state index in [0.717, 1.165) is 11.3 Å². The van der Waals surface area contributed by atoms with Crippen LogP contribution in [0.15, 0.2) is 41.1 Å². The van der Waals surface area contributed by atoms with E-state index in [2.05, 4.69) is 15.5 Å². The zero-order chi connectivity index (χ0) is 17.8. The summed E-state index contributed by atoms with van der Waals surface area (Å²) in [5, 5.41) is 23.2. The molecular formula is C16H12ClN5OS2. The quantitative estimate of drug-likeness (QED) is 0.669. The lowest BCUT2D eigenvalue weighted by Gasteiger charge is -2.08. The summed E-state index contributed by atoms with van der Waals surface area (Å²) in [6.45, 7) is 1.93. The number of nitriles is 1. The van der Waals surface area contributed by atoms with Crippen LogP contribution in [0, 0.1) is 18.3 Å². The molecule has 0 fully saturated rings. The number of nitrogens with zero attached hydrogens (tertiary/aromatic N) is 4. The van der Waals surface area contributed by atoms with Crippen LogP contribution in [0.4, 0.5) is 5.00 Å². The van der Waals surface area contributed by atoms with Crippen LogP contribution in [0.2, 0.25) is 5.02 Å². The Kier molecular flexibility index (Phi) is 5.38. The van der Waals surface area contributed by atoms with Crippen LogP contribution < -0.4 is 5.32 Å². The summed E-state index contributed by atoms with van der Waals surface area (Å²) in [5.41, 5.74) is 2.27. The van der Waals surface area contributed by atoms with Crippen molar-refractivity contribution in [2.45, 2.75) is 12.1 Å². The summed E-state index contributed by atoms with van der Waals surface area (Å²) < 4.78 is 1.77. The van der Waals surface area contributed by atoms with Crippen molar-refractivity contribution in [3.63, 3.8) is 0 Å². The Labute approximate surface area is 157 Å². The van der Waals surface area contributed by atoms with Crippen LogP contribution in [-0.4, -0.2) is 26.4 Å². The van der Waals surface area contributed by atoms with Crippen molar-refractivity contribution in [2.75, 3.05) is 11.1 Å². The average Bonchev–Trinajstić information content (AvgIpc) is 3.24. The molecule has 0 bridgehead atoms. The van der Waals surface area contributed by atoms with Crippen LogP contribution in [-0.2, 0) is 4.79 Å². The molecule has 1 aromatic carbocycles. The number of hydrogen-bond donors (Lipinski definition) is 1. The standard InChI is InChI=1S/C16H12ClN5OS2/c1-10-2-3-12(6-13(10)17)22-9-19-21-16(22)25-8-14(23)20-15-11(7-18)4-5-24-15/h2-6,9H,8H2,1H3,(H,20,23). The maximum absolute atomic E-state index is 12.1. The van der Waals surface area contributed by atoms with Gasteiger partial charge in [-0.15, -0.1) is 21.5 Å². The highest BCUT2D eigenvalue weighted by molar-refractivity contribution is 7.99. The fourth-order valence-corrected chi connectivity index (χ4v) is 3.68. The van der Waals surface area contributed by atoms with Gasteiger partial charge >= 0.3 is 0 Å². The van der Waals surface area contributed by atoms with Gasteiger partial charge in [0.2, 0.25) is 5.91 Å². The number of rotatable bonds is 5. The topological polar surface area (TPSA) is 83.6 Å². The van der Waals surface area contributed by atoms with Crippen molar-refractivity contribution in [1.82, 2.24) is 14.8 Å². The van der Waals surface area contributed by atoms with E-state index in [1.54, 1.807) is 22.3 Å². The Morgan fingerprint density at radius 2 is 2.32 bits per heavy atom. The van der Waals surface area contributed by atoms with Crippen LogP contribution in [0.3, 0.4) is 0 Å². The number of aryl methyl sites for hydroxylation is 1. The number of anilines is 1. The maximum Gasteiger partial charge on any atom is 0.235 e. The van der Waals surface area contributed by atoms with Crippen LogP contribution in [0.25, 0.3) is 5.69 Å². The fraction of sp³-hybridized carbons (Fsp3) is 0.125. The number of aromatic nitrogens is 3. The Balaban J connectivity index is 1.68. The molecule has 0 atom stereocenters. The molecule has 1 amide bonds. The van der Waals surface area contributed by atoms with E-state index in [-0.39, 0.29) is 11.7 Å². The van der Waals surface area contributed by atoms with Gasteiger partial charge in [-0.1, -0.05) is 29.4 Å². The maximum atomic E-state index is 12.1. The lowest BCUT2D eigenvalue weighted by Crippen LogP contribution is -2.14. The van der Waals surface area contributed by atoms with Crippen LogP contribution >= 0.6 is 34.7 Å². The lowest BCUT2D eigenvalue weighted by molar-refractivity contribution is -0.113. The van der Waals surface area contributed by atoms with Crippen LogP contribution in [0.1, 0.15) is 11.1 Å². The molecule has 3 aromatic rings. The first-order valence-corrected chi connectivity index (χ1v) is 9.39. The summed E-state index contributed by atoms with van der Waals surface area (Å²) in [6, 6.07) is 9.37. The molecule has 2 heterocycles. The van der Waals surface area contributed by atoms with E-state index in [9.17, 15) is 4.79 Å². The minimum atomic E-state index is -0.208. The van der Waals surface area contributed by atoms with Crippen molar-refractivity contribution < 1.29 is 4.79 Å². The highest BCUT2D eigenvalue weighted by Gasteiger charge is 2.13. The third-order valence-electron chi connectivity index (χ3n) is 3.32. The summed E-state index contributed by atoms with van der Waals surface area (Å²) in [5.74, 6) is -0.0541. The molecule has 9 heteroatoms. The van der Waals surface area contributed by atoms with E-state index < -0.39 is 0 Å². The third kappa shape index (κ3) is 4.02. The van der Waals surface area contributed by atoms with Gasteiger partial charge in [0.05, 0.1) is 17.0 Å². The normalized spacial score (nSPS) is 10.4. The van der Waals surface area contributed by atoms with E-state index >= 15 is 0 Å². The summed E-state index contributed by atoms with van der Waals surface area (Å²) >= 11 is 8.74. The van der Waals surface area contributed by atoms with Crippen molar-refractivity contribution >= 4 is 45.6 Å². The van der Waals surface area contributed by atoms with Crippen LogP contribution in [0.5, 0.6) is 0 Å².